The minimum atomic E-state index is 0.375. The van der Waals surface area contributed by atoms with E-state index in [-0.39, 0.29) is 0 Å². The highest BCUT2D eigenvalue weighted by atomic mass is 16.5. The maximum absolute atomic E-state index is 6.36. The molecule has 3 nitrogen and oxygen atoms in total. The number of nitrogens with two attached hydrogens (primary N) is 1. The zero-order valence-corrected chi connectivity index (χ0v) is 11.2. The Kier molecular flexibility index (Phi) is 2.96. The van der Waals surface area contributed by atoms with E-state index in [1.54, 1.807) is 0 Å². The number of hydrogen-bond donors (Lipinski definition) is 1. The van der Waals surface area contributed by atoms with Crippen LogP contribution in [0.25, 0.3) is 0 Å². The van der Waals surface area contributed by atoms with Gasteiger partial charge in [-0.15, -0.1) is 0 Å². The second kappa shape index (κ2) is 4.22. The fraction of sp³-hybridized carbons (Fsp3) is 1.00. The van der Waals surface area contributed by atoms with Gasteiger partial charge in [0.1, 0.15) is 0 Å². The average Bonchev–Trinajstić information content (AvgIpc) is 2.61. The van der Waals surface area contributed by atoms with E-state index in [4.69, 9.17) is 10.5 Å². The standard InChI is InChI=1S/C14H26N2O/c1-14(2)6-5-12(15)13(7-14)16-8-10-3-4-11(9-16)17-10/h10-13H,3-9,15H2,1-2H3. The molecule has 98 valence electrons. The Balaban J connectivity index is 1.70. The molecule has 0 aromatic rings. The minimum Gasteiger partial charge on any atom is -0.372 e. The van der Waals surface area contributed by atoms with E-state index >= 15 is 0 Å². The highest BCUT2D eigenvalue weighted by Crippen LogP contribution is 2.38. The third-order valence-electron chi connectivity index (χ3n) is 4.95. The molecule has 2 bridgehead atoms. The molecule has 1 saturated carbocycles. The van der Waals surface area contributed by atoms with Gasteiger partial charge in [0.15, 0.2) is 0 Å². The molecule has 4 atom stereocenters. The van der Waals surface area contributed by atoms with Gasteiger partial charge in [0, 0.05) is 25.2 Å². The summed E-state index contributed by atoms with van der Waals surface area (Å²) in [4.78, 5) is 2.64. The number of morpholine rings is 1. The van der Waals surface area contributed by atoms with E-state index in [1.165, 1.54) is 32.1 Å². The van der Waals surface area contributed by atoms with Gasteiger partial charge in [0.05, 0.1) is 12.2 Å². The molecule has 0 radical (unpaired) electrons. The second-order valence-corrected chi connectivity index (χ2v) is 7.05. The molecule has 0 spiro atoms. The molecule has 3 heteroatoms. The zero-order chi connectivity index (χ0) is 12.0. The van der Waals surface area contributed by atoms with Crippen LogP contribution in [0.3, 0.4) is 0 Å². The Morgan fingerprint density at radius 3 is 2.41 bits per heavy atom. The van der Waals surface area contributed by atoms with E-state index in [0.717, 1.165) is 13.1 Å². The predicted octanol–water partition coefficient (Wildman–Crippen LogP) is 1.76. The molecule has 0 amide bonds. The summed E-state index contributed by atoms with van der Waals surface area (Å²) < 4.78 is 5.92. The van der Waals surface area contributed by atoms with Crippen molar-refractivity contribution in [1.82, 2.24) is 4.90 Å². The van der Waals surface area contributed by atoms with Crippen LogP contribution in [0.2, 0.25) is 0 Å². The smallest absolute Gasteiger partial charge is 0.0707 e. The van der Waals surface area contributed by atoms with Crippen molar-refractivity contribution in [1.29, 1.82) is 0 Å². The molecule has 0 aromatic heterocycles. The monoisotopic (exact) mass is 238 g/mol. The van der Waals surface area contributed by atoms with Gasteiger partial charge >= 0.3 is 0 Å². The molecule has 3 fully saturated rings. The lowest BCUT2D eigenvalue weighted by Gasteiger charge is -2.47. The van der Waals surface area contributed by atoms with E-state index in [9.17, 15) is 0 Å². The van der Waals surface area contributed by atoms with Crippen molar-refractivity contribution >= 4 is 0 Å². The summed E-state index contributed by atoms with van der Waals surface area (Å²) in [6, 6.07) is 0.964. The van der Waals surface area contributed by atoms with E-state index < -0.39 is 0 Å². The maximum Gasteiger partial charge on any atom is 0.0707 e. The van der Waals surface area contributed by atoms with Crippen LogP contribution in [0.1, 0.15) is 46.0 Å². The molecule has 2 saturated heterocycles. The normalized spacial score (nSPS) is 46.1. The highest BCUT2D eigenvalue weighted by molar-refractivity contribution is 4.96. The van der Waals surface area contributed by atoms with Crippen molar-refractivity contribution in [2.75, 3.05) is 13.1 Å². The topological polar surface area (TPSA) is 38.5 Å². The summed E-state index contributed by atoms with van der Waals surface area (Å²) in [5.41, 5.74) is 6.83. The quantitative estimate of drug-likeness (QED) is 0.756. The summed E-state index contributed by atoms with van der Waals surface area (Å²) in [7, 11) is 0. The van der Waals surface area contributed by atoms with Crippen molar-refractivity contribution in [3.8, 4) is 0 Å². The average molecular weight is 238 g/mol. The van der Waals surface area contributed by atoms with Crippen molar-refractivity contribution in [3.63, 3.8) is 0 Å². The molecule has 0 aromatic carbocycles. The van der Waals surface area contributed by atoms with Gasteiger partial charge in [-0.3, -0.25) is 4.90 Å². The summed E-state index contributed by atoms with van der Waals surface area (Å²) >= 11 is 0. The van der Waals surface area contributed by atoms with E-state index in [1.807, 2.05) is 0 Å². The molecule has 4 unspecified atom stereocenters. The van der Waals surface area contributed by atoms with Crippen molar-refractivity contribution < 1.29 is 4.74 Å². The Labute approximate surface area is 105 Å². The third-order valence-corrected chi connectivity index (χ3v) is 4.95. The molecule has 2 aliphatic heterocycles. The Bertz CT molecular complexity index is 280. The molecule has 3 rings (SSSR count). The first-order chi connectivity index (χ1) is 8.03. The lowest BCUT2D eigenvalue weighted by atomic mass is 9.72. The number of likely N-dealkylation sites (tertiary alicyclic amines) is 1. The molecule has 17 heavy (non-hydrogen) atoms. The first kappa shape index (κ1) is 11.9. The molecule has 1 aliphatic carbocycles. The maximum atomic E-state index is 6.36. The molecular weight excluding hydrogens is 212 g/mol. The fourth-order valence-electron chi connectivity index (χ4n) is 3.89. The van der Waals surface area contributed by atoms with Gasteiger partial charge in [-0.2, -0.15) is 0 Å². The number of hydrogen-bond acceptors (Lipinski definition) is 3. The number of nitrogens with zero attached hydrogens (tertiary/aromatic N) is 1. The fourth-order valence-corrected chi connectivity index (χ4v) is 3.89. The van der Waals surface area contributed by atoms with Crippen LogP contribution in [0.5, 0.6) is 0 Å². The Hall–Kier alpha value is -0.120. The van der Waals surface area contributed by atoms with Gasteiger partial charge < -0.3 is 10.5 Å². The molecular formula is C14H26N2O. The van der Waals surface area contributed by atoms with Gasteiger partial charge in [0.2, 0.25) is 0 Å². The van der Waals surface area contributed by atoms with E-state index in [2.05, 4.69) is 18.7 Å². The molecule has 2 heterocycles. The van der Waals surface area contributed by atoms with Gasteiger partial charge in [-0.25, -0.2) is 0 Å². The second-order valence-electron chi connectivity index (χ2n) is 7.05. The van der Waals surface area contributed by atoms with Gasteiger partial charge in [0.25, 0.3) is 0 Å². The number of fused-ring (bicyclic) bond motifs is 2. The zero-order valence-electron chi connectivity index (χ0n) is 11.2. The van der Waals surface area contributed by atoms with Crippen LogP contribution in [0, 0.1) is 5.41 Å². The molecule has 3 aliphatic rings. The van der Waals surface area contributed by atoms with Crippen LogP contribution in [-0.2, 0) is 4.74 Å². The summed E-state index contributed by atoms with van der Waals surface area (Å²) in [6.07, 6.45) is 7.22. The van der Waals surface area contributed by atoms with Gasteiger partial charge in [-0.1, -0.05) is 13.8 Å². The van der Waals surface area contributed by atoms with E-state index in [0.29, 0.717) is 29.7 Å². The number of rotatable bonds is 1. The Morgan fingerprint density at radius 1 is 1.12 bits per heavy atom. The molecule has 2 N–H and O–H groups in total. The van der Waals surface area contributed by atoms with Crippen LogP contribution in [0.4, 0.5) is 0 Å². The largest absolute Gasteiger partial charge is 0.372 e. The lowest BCUT2D eigenvalue weighted by molar-refractivity contribution is -0.0677. The first-order valence-corrected chi connectivity index (χ1v) is 7.19. The van der Waals surface area contributed by atoms with Gasteiger partial charge in [-0.05, 0) is 37.5 Å². The SMILES string of the molecule is CC1(C)CCC(N)C(N2CC3CCC(C2)O3)C1. The summed E-state index contributed by atoms with van der Waals surface area (Å²) in [5, 5.41) is 0. The third kappa shape index (κ3) is 2.38. The summed E-state index contributed by atoms with van der Waals surface area (Å²) in [5.74, 6) is 0. The highest BCUT2D eigenvalue weighted by Gasteiger charge is 2.41. The lowest BCUT2D eigenvalue weighted by Crippen LogP contribution is -2.57. The van der Waals surface area contributed by atoms with Crippen molar-refractivity contribution in [2.45, 2.75) is 70.2 Å². The van der Waals surface area contributed by atoms with Crippen molar-refractivity contribution in [2.24, 2.45) is 11.1 Å². The minimum absolute atomic E-state index is 0.375. The Morgan fingerprint density at radius 2 is 1.76 bits per heavy atom. The van der Waals surface area contributed by atoms with Crippen LogP contribution in [-0.4, -0.2) is 42.3 Å². The number of ether oxygens (including phenoxy) is 1. The van der Waals surface area contributed by atoms with Crippen molar-refractivity contribution in [3.05, 3.63) is 0 Å². The van der Waals surface area contributed by atoms with Crippen LogP contribution >= 0.6 is 0 Å². The first-order valence-electron chi connectivity index (χ1n) is 7.19. The predicted molar refractivity (Wildman–Crippen MR) is 68.9 cm³/mol. The van der Waals surface area contributed by atoms with Crippen LogP contribution < -0.4 is 5.73 Å². The van der Waals surface area contributed by atoms with Crippen LogP contribution in [0.15, 0.2) is 0 Å². The summed E-state index contributed by atoms with van der Waals surface area (Å²) in [6.45, 7) is 7.01.